The highest BCUT2D eigenvalue weighted by Crippen LogP contribution is 2.39. The van der Waals surface area contributed by atoms with Gasteiger partial charge in [-0.15, -0.1) is 0 Å². The SMILES string of the molecule is CN1CCCOCC1.Cc1c(-c2cc3cc(NC(=O)O)ncc3c(N)c2F)cnc2c1NCCO2. The van der Waals surface area contributed by atoms with Crippen LogP contribution in [0.4, 0.5) is 26.4 Å². The van der Waals surface area contributed by atoms with E-state index in [4.69, 9.17) is 20.3 Å². The maximum absolute atomic E-state index is 15.0. The summed E-state index contributed by atoms with van der Waals surface area (Å²) in [6.07, 6.45) is 2.84. The van der Waals surface area contributed by atoms with Gasteiger partial charge in [0, 0.05) is 55.1 Å². The Morgan fingerprint density at radius 3 is 2.83 bits per heavy atom. The summed E-state index contributed by atoms with van der Waals surface area (Å²) in [6, 6.07) is 3.11. The lowest BCUT2D eigenvalue weighted by Crippen LogP contribution is -2.20. The van der Waals surface area contributed by atoms with Gasteiger partial charge >= 0.3 is 6.09 Å². The molecule has 11 heteroatoms. The van der Waals surface area contributed by atoms with Gasteiger partial charge in [0.2, 0.25) is 5.88 Å². The average Bonchev–Trinajstić information content (AvgIpc) is 3.09. The molecule has 2 aliphatic rings. The molecule has 5 N–H and O–H groups in total. The molecule has 2 aliphatic heterocycles. The van der Waals surface area contributed by atoms with Crippen LogP contribution in [0.3, 0.4) is 0 Å². The Bertz CT molecular complexity index is 1230. The molecule has 0 atom stereocenters. The van der Waals surface area contributed by atoms with Gasteiger partial charge < -0.3 is 30.5 Å². The number of carboxylic acid groups (broad SMARTS) is 1. The number of anilines is 3. The number of hydrogen-bond acceptors (Lipinski definition) is 8. The average molecular weight is 485 g/mol. The first-order valence-corrected chi connectivity index (χ1v) is 11.4. The minimum atomic E-state index is -1.24. The molecule has 4 heterocycles. The molecule has 0 unspecified atom stereocenters. The van der Waals surface area contributed by atoms with Crippen molar-refractivity contribution in [2.45, 2.75) is 13.3 Å². The molecule has 1 amide bonds. The predicted molar refractivity (Wildman–Crippen MR) is 133 cm³/mol. The van der Waals surface area contributed by atoms with Gasteiger partial charge in [-0.05, 0) is 43.5 Å². The predicted octanol–water partition coefficient (Wildman–Crippen LogP) is 3.56. The van der Waals surface area contributed by atoms with Gasteiger partial charge in [-0.2, -0.15) is 0 Å². The number of aromatic nitrogens is 2. The number of fused-ring (bicyclic) bond motifs is 2. The maximum atomic E-state index is 15.0. The van der Waals surface area contributed by atoms with Crippen molar-refractivity contribution >= 4 is 34.1 Å². The molecule has 1 fully saturated rings. The maximum Gasteiger partial charge on any atom is 0.410 e. The highest BCUT2D eigenvalue weighted by Gasteiger charge is 2.21. The quantitative estimate of drug-likeness (QED) is 0.403. The van der Waals surface area contributed by atoms with Crippen molar-refractivity contribution < 1.29 is 23.8 Å². The van der Waals surface area contributed by atoms with Gasteiger partial charge in [-0.1, -0.05) is 0 Å². The van der Waals surface area contributed by atoms with Gasteiger partial charge in [0.25, 0.3) is 0 Å². The van der Waals surface area contributed by atoms with Crippen molar-refractivity contribution in [2.24, 2.45) is 0 Å². The van der Waals surface area contributed by atoms with Crippen LogP contribution in [0, 0.1) is 12.7 Å². The highest BCUT2D eigenvalue weighted by atomic mass is 19.1. The van der Waals surface area contributed by atoms with Crippen LogP contribution in [0.15, 0.2) is 24.5 Å². The second-order valence-electron chi connectivity index (χ2n) is 8.39. The third-order valence-corrected chi connectivity index (χ3v) is 5.92. The topological polar surface area (TPSA) is 135 Å². The zero-order valence-electron chi connectivity index (χ0n) is 19.7. The van der Waals surface area contributed by atoms with Gasteiger partial charge in [-0.3, -0.25) is 5.32 Å². The summed E-state index contributed by atoms with van der Waals surface area (Å²) in [6.45, 7) is 7.15. The Hall–Kier alpha value is -3.70. The fourth-order valence-electron chi connectivity index (χ4n) is 4.03. The molecule has 186 valence electrons. The number of nitrogens with zero attached hydrogens (tertiary/aromatic N) is 3. The van der Waals surface area contributed by atoms with E-state index in [-0.39, 0.29) is 17.1 Å². The van der Waals surface area contributed by atoms with Crippen molar-refractivity contribution in [1.82, 2.24) is 14.9 Å². The molecule has 0 radical (unpaired) electrons. The van der Waals surface area contributed by atoms with Gasteiger partial charge in [0.05, 0.1) is 12.3 Å². The number of nitrogens with one attached hydrogen (secondary N) is 2. The molecule has 0 spiro atoms. The fourth-order valence-corrected chi connectivity index (χ4v) is 4.03. The van der Waals surface area contributed by atoms with Gasteiger partial charge in [0.1, 0.15) is 18.1 Å². The summed E-state index contributed by atoms with van der Waals surface area (Å²) >= 11 is 0. The van der Waals surface area contributed by atoms with Crippen LogP contribution in [0.5, 0.6) is 5.88 Å². The Morgan fingerprint density at radius 2 is 2.03 bits per heavy atom. The number of hydrogen-bond donors (Lipinski definition) is 4. The lowest BCUT2D eigenvalue weighted by atomic mass is 9.97. The van der Waals surface area contributed by atoms with E-state index in [9.17, 15) is 9.18 Å². The summed E-state index contributed by atoms with van der Waals surface area (Å²) < 4.78 is 25.7. The van der Waals surface area contributed by atoms with E-state index < -0.39 is 11.9 Å². The van der Waals surface area contributed by atoms with Crippen LogP contribution in [0.2, 0.25) is 0 Å². The molecule has 0 saturated carbocycles. The third-order valence-electron chi connectivity index (χ3n) is 5.92. The Labute approximate surface area is 202 Å². The molecule has 0 bridgehead atoms. The second-order valence-corrected chi connectivity index (χ2v) is 8.39. The first-order chi connectivity index (χ1) is 16.8. The van der Waals surface area contributed by atoms with Crippen LogP contribution in [0.25, 0.3) is 21.9 Å². The van der Waals surface area contributed by atoms with Crippen LogP contribution < -0.4 is 21.1 Å². The molecule has 3 aromatic rings. The molecule has 2 aromatic heterocycles. The van der Waals surface area contributed by atoms with E-state index in [1.165, 1.54) is 25.2 Å². The van der Waals surface area contributed by atoms with E-state index in [0.717, 1.165) is 31.0 Å². The molecule has 1 aromatic carbocycles. The fraction of sp³-hybridized carbons (Fsp3) is 0.375. The number of nitrogens with two attached hydrogens (primary N) is 1. The number of likely N-dealkylation sites (N-methyl/N-ethyl adjacent to an activating group) is 1. The van der Waals surface area contributed by atoms with E-state index in [1.807, 2.05) is 6.92 Å². The largest absolute Gasteiger partial charge is 0.474 e. The molecule has 10 nitrogen and oxygen atoms in total. The standard InChI is InChI=1S/C18H16FN5O3.C6H13NO/c1-8-11(6-23-17-16(8)21-2-3-27-17)10-4-9-5-13(24-18(25)26)22-7-12(9)15(20)14(10)19;1-7-3-2-5-8-6-4-7/h4-7,21H,2-3,20H2,1H3,(H,22,24)(H,25,26);2-6H2,1H3. The summed E-state index contributed by atoms with van der Waals surface area (Å²) in [7, 11) is 2.13. The molecular weight excluding hydrogens is 455 g/mol. The highest BCUT2D eigenvalue weighted by molar-refractivity contribution is 5.99. The minimum Gasteiger partial charge on any atom is -0.474 e. The first-order valence-electron chi connectivity index (χ1n) is 11.4. The van der Waals surface area contributed by atoms with E-state index in [2.05, 4.69) is 32.5 Å². The van der Waals surface area contributed by atoms with Crippen LogP contribution in [-0.4, -0.2) is 72.6 Å². The number of carbonyl (C=O) groups is 1. The zero-order chi connectivity index (χ0) is 24.9. The Balaban J connectivity index is 0.000000308. The number of pyridine rings is 2. The van der Waals surface area contributed by atoms with Crippen LogP contribution in [0.1, 0.15) is 12.0 Å². The van der Waals surface area contributed by atoms with Crippen LogP contribution in [-0.2, 0) is 4.74 Å². The number of rotatable bonds is 2. The zero-order valence-corrected chi connectivity index (χ0v) is 19.7. The Kier molecular flexibility index (Phi) is 7.47. The van der Waals surface area contributed by atoms with Crippen molar-refractivity contribution in [1.29, 1.82) is 0 Å². The summed E-state index contributed by atoms with van der Waals surface area (Å²) in [4.78, 5) is 21.3. The summed E-state index contributed by atoms with van der Waals surface area (Å²) in [5.74, 6) is 0.0287. The van der Waals surface area contributed by atoms with E-state index in [1.54, 1.807) is 12.3 Å². The summed E-state index contributed by atoms with van der Waals surface area (Å²) in [5, 5.41) is 15.2. The number of benzene rings is 1. The molecule has 1 saturated heterocycles. The van der Waals surface area contributed by atoms with E-state index >= 15 is 0 Å². The lowest BCUT2D eigenvalue weighted by Gasteiger charge is -2.22. The minimum absolute atomic E-state index is 0.0572. The number of nitrogen functional groups attached to an aromatic ring is 1. The summed E-state index contributed by atoms with van der Waals surface area (Å²) in [5.41, 5.74) is 8.28. The van der Waals surface area contributed by atoms with Crippen molar-refractivity contribution in [3.05, 3.63) is 35.9 Å². The van der Waals surface area contributed by atoms with Gasteiger partial charge in [-0.25, -0.2) is 19.2 Å². The molecule has 5 rings (SSSR count). The molecule has 35 heavy (non-hydrogen) atoms. The Morgan fingerprint density at radius 1 is 1.20 bits per heavy atom. The normalized spacial score (nSPS) is 15.6. The number of ether oxygens (including phenoxy) is 2. The molecular formula is C24H29FN6O4. The first kappa shape index (κ1) is 24.4. The van der Waals surface area contributed by atoms with E-state index in [0.29, 0.717) is 35.4 Å². The van der Waals surface area contributed by atoms with Crippen molar-refractivity contribution in [3.63, 3.8) is 0 Å². The van der Waals surface area contributed by atoms with Crippen molar-refractivity contribution in [3.8, 4) is 17.0 Å². The van der Waals surface area contributed by atoms with Gasteiger partial charge in [0.15, 0.2) is 5.82 Å². The van der Waals surface area contributed by atoms with Crippen LogP contribution >= 0.6 is 0 Å². The monoisotopic (exact) mass is 484 g/mol. The number of amides is 1. The molecule has 0 aliphatic carbocycles. The third kappa shape index (κ3) is 5.52. The smallest absolute Gasteiger partial charge is 0.410 e. The van der Waals surface area contributed by atoms with Crippen molar-refractivity contribution in [2.75, 3.05) is 62.9 Å². The number of halogens is 1. The second kappa shape index (κ2) is 10.7. The lowest BCUT2D eigenvalue weighted by molar-refractivity contribution is 0.144.